The molecule has 0 saturated carbocycles. The van der Waals surface area contributed by atoms with Crippen LogP contribution in [0.25, 0.3) is 11.0 Å². The summed E-state index contributed by atoms with van der Waals surface area (Å²) in [4.78, 5) is 10.1. The number of anilines is 2. The van der Waals surface area contributed by atoms with Gasteiger partial charge in [-0.25, -0.2) is 9.37 Å². The van der Waals surface area contributed by atoms with E-state index in [1.54, 1.807) is 12.1 Å². The monoisotopic (exact) mass is 417 g/mol. The number of nitrogens with two attached hydrogens (primary N) is 1. The number of piperidine rings is 1. The molecule has 1 aromatic carbocycles. The number of H-pyrrole nitrogens is 1. The Balaban J connectivity index is 1.67. The van der Waals surface area contributed by atoms with Gasteiger partial charge in [0.15, 0.2) is 0 Å². The molecule has 5 nitrogen and oxygen atoms in total. The summed E-state index contributed by atoms with van der Waals surface area (Å²) >= 11 is 3.67. The fourth-order valence-corrected chi connectivity index (χ4v) is 4.07. The minimum atomic E-state index is -0.224. The van der Waals surface area contributed by atoms with Crippen LogP contribution in [-0.4, -0.2) is 29.1 Å². The molecular formula is C19H21BrFN5. The van der Waals surface area contributed by atoms with Gasteiger partial charge in [-0.2, -0.15) is 0 Å². The molecule has 1 aliphatic heterocycles. The van der Waals surface area contributed by atoms with E-state index in [1.807, 2.05) is 12.4 Å². The standard InChI is InChI=1S/C19H21BrFN5/c20-15-9-24-19-17(18(15)26-7-1-2-14(22)11-26)16(10-25-19)23-8-12-3-5-13(21)6-4-12/h3-6,9-10,14,23H,1-2,7-8,11,22H2,(H,24,25)/t14-/m1/s1. The van der Waals surface area contributed by atoms with Crippen molar-refractivity contribution in [1.82, 2.24) is 9.97 Å². The van der Waals surface area contributed by atoms with Gasteiger partial charge in [0.1, 0.15) is 11.5 Å². The molecule has 1 fully saturated rings. The molecule has 0 unspecified atom stereocenters. The molecule has 1 saturated heterocycles. The van der Waals surface area contributed by atoms with E-state index in [2.05, 4.69) is 36.1 Å². The number of hydrogen-bond acceptors (Lipinski definition) is 4. The predicted octanol–water partition coefficient (Wildman–Crippen LogP) is 4.00. The van der Waals surface area contributed by atoms with Gasteiger partial charge in [0.2, 0.25) is 0 Å². The lowest BCUT2D eigenvalue weighted by Crippen LogP contribution is -2.43. The predicted molar refractivity (Wildman–Crippen MR) is 107 cm³/mol. The van der Waals surface area contributed by atoms with Gasteiger partial charge in [-0.3, -0.25) is 0 Å². The van der Waals surface area contributed by atoms with E-state index in [9.17, 15) is 4.39 Å². The van der Waals surface area contributed by atoms with Crippen LogP contribution in [0.4, 0.5) is 15.8 Å². The third kappa shape index (κ3) is 3.41. The summed E-state index contributed by atoms with van der Waals surface area (Å²) in [5.41, 5.74) is 10.1. The van der Waals surface area contributed by atoms with Gasteiger partial charge >= 0.3 is 0 Å². The molecule has 3 aromatic rings. The summed E-state index contributed by atoms with van der Waals surface area (Å²) in [7, 11) is 0. The second kappa shape index (κ2) is 7.25. The summed E-state index contributed by atoms with van der Waals surface area (Å²) in [6.45, 7) is 2.42. The number of benzene rings is 1. The molecular weight excluding hydrogens is 397 g/mol. The first-order valence-electron chi connectivity index (χ1n) is 8.76. The highest BCUT2D eigenvalue weighted by atomic mass is 79.9. The first-order chi connectivity index (χ1) is 12.6. The van der Waals surface area contributed by atoms with E-state index < -0.39 is 0 Å². The van der Waals surface area contributed by atoms with Crippen LogP contribution < -0.4 is 16.0 Å². The molecule has 136 valence electrons. The van der Waals surface area contributed by atoms with Crippen molar-refractivity contribution in [3.8, 4) is 0 Å². The van der Waals surface area contributed by atoms with Gasteiger partial charge < -0.3 is 20.9 Å². The Morgan fingerprint density at radius 2 is 2.15 bits per heavy atom. The second-order valence-corrected chi connectivity index (χ2v) is 7.56. The molecule has 26 heavy (non-hydrogen) atoms. The molecule has 7 heteroatoms. The number of pyridine rings is 1. The fourth-order valence-electron chi connectivity index (χ4n) is 3.52. The van der Waals surface area contributed by atoms with E-state index in [-0.39, 0.29) is 11.9 Å². The Labute approximate surface area is 159 Å². The fraction of sp³-hybridized carbons (Fsp3) is 0.316. The van der Waals surface area contributed by atoms with Gasteiger partial charge in [-0.05, 0) is 46.5 Å². The first-order valence-corrected chi connectivity index (χ1v) is 9.55. The van der Waals surface area contributed by atoms with Crippen molar-refractivity contribution >= 4 is 38.3 Å². The lowest BCUT2D eigenvalue weighted by atomic mass is 10.1. The summed E-state index contributed by atoms with van der Waals surface area (Å²) in [5.74, 6) is -0.224. The molecule has 4 rings (SSSR count). The van der Waals surface area contributed by atoms with Crippen LogP contribution in [0.1, 0.15) is 18.4 Å². The highest BCUT2D eigenvalue weighted by Crippen LogP contribution is 2.38. The summed E-state index contributed by atoms with van der Waals surface area (Å²) < 4.78 is 14.1. The van der Waals surface area contributed by atoms with Crippen LogP contribution in [0.2, 0.25) is 0 Å². The van der Waals surface area contributed by atoms with Crippen LogP contribution in [0.3, 0.4) is 0 Å². The van der Waals surface area contributed by atoms with Crippen molar-refractivity contribution in [2.24, 2.45) is 5.73 Å². The van der Waals surface area contributed by atoms with Gasteiger partial charge in [0.05, 0.1) is 21.2 Å². The Kier molecular flexibility index (Phi) is 4.82. The van der Waals surface area contributed by atoms with Crippen LogP contribution in [0.5, 0.6) is 0 Å². The Bertz CT molecular complexity index is 908. The zero-order valence-corrected chi connectivity index (χ0v) is 15.9. The lowest BCUT2D eigenvalue weighted by molar-refractivity contribution is 0.506. The minimum absolute atomic E-state index is 0.188. The van der Waals surface area contributed by atoms with E-state index in [0.717, 1.165) is 58.4 Å². The molecule has 3 heterocycles. The van der Waals surface area contributed by atoms with Gasteiger partial charge in [0.25, 0.3) is 0 Å². The van der Waals surface area contributed by atoms with E-state index >= 15 is 0 Å². The van der Waals surface area contributed by atoms with Crippen molar-refractivity contribution in [2.45, 2.75) is 25.4 Å². The number of halogens is 2. The van der Waals surface area contributed by atoms with Crippen molar-refractivity contribution in [3.05, 3.63) is 52.5 Å². The first kappa shape index (κ1) is 17.3. The summed E-state index contributed by atoms with van der Waals surface area (Å²) in [6.07, 6.45) is 5.91. The Morgan fingerprint density at radius 3 is 2.92 bits per heavy atom. The summed E-state index contributed by atoms with van der Waals surface area (Å²) in [6, 6.07) is 6.72. The third-order valence-electron chi connectivity index (χ3n) is 4.80. The van der Waals surface area contributed by atoms with Crippen molar-refractivity contribution in [1.29, 1.82) is 0 Å². The number of fused-ring (bicyclic) bond motifs is 1. The SMILES string of the molecule is N[C@@H]1CCCN(c2c(Br)cnc3[nH]cc(NCc4ccc(F)cc4)c23)C1. The lowest BCUT2D eigenvalue weighted by Gasteiger charge is -2.33. The highest BCUT2D eigenvalue weighted by Gasteiger charge is 2.23. The Hall–Kier alpha value is -2.12. The van der Waals surface area contributed by atoms with Gasteiger partial charge in [0, 0.05) is 38.1 Å². The smallest absolute Gasteiger partial charge is 0.141 e. The molecule has 1 atom stereocenters. The number of nitrogens with one attached hydrogen (secondary N) is 2. The van der Waals surface area contributed by atoms with Crippen molar-refractivity contribution in [2.75, 3.05) is 23.3 Å². The molecule has 0 bridgehead atoms. The van der Waals surface area contributed by atoms with E-state index in [4.69, 9.17) is 5.73 Å². The molecule has 0 aliphatic carbocycles. The topological polar surface area (TPSA) is 70.0 Å². The maximum absolute atomic E-state index is 13.1. The molecule has 4 N–H and O–H groups in total. The zero-order chi connectivity index (χ0) is 18.1. The molecule has 0 amide bonds. The number of rotatable bonds is 4. The summed E-state index contributed by atoms with van der Waals surface area (Å²) in [5, 5.41) is 4.50. The average molecular weight is 418 g/mol. The van der Waals surface area contributed by atoms with Gasteiger partial charge in [-0.1, -0.05) is 12.1 Å². The van der Waals surface area contributed by atoms with E-state index in [0.29, 0.717) is 6.54 Å². The maximum atomic E-state index is 13.1. The number of nitrogens with zero attached hydrogens (tertiary/aromatic N) is 2. The van der Waals surface area contributed by atoms with Crippen molar-refractivity contribution in [3.63, 3.8) is 0 Å². The van der Waals surface area contributed by atoms with Crippen LogP contribution in [0.15, 0.2) is 41.1 Å². The normalized spacial score (nSPS) is 17.7. The molecule has 0 spiro atoms. The van der Waals surface area contributed by atoms with E-state index in [1.165, 1.54) is 12.1 Å². The molecule has 1 aliphatic rings. The highest BCUT2D eigenvalue weighted by molar-refractivity contribution is 9.10. The van der Waals surface area contributed by atoms with Crippen LogP contribution >= 0.6 is 15.9 Å². The second-order valence-electron chi connectivity index (χ2n) is 6.71. The Morgan fingerprint density at radius 1 is 1.35 bits per heavy atom. The quantitative estimate of drug-likeness (QED) is 0.599. The molecule has 2 aromatic heterocycles. The average Bonchev–Trinajstić information content (AvgIpc) is 3.04. The van der Waals surface area contributed by atoms with Gasteiger partial charge in [-0.15, -0.1) is 0 Å². The van der Waals surface area contributed by atoms with Crippen LogP contribution in [-0.2, 0) is 6.54 Å². The van der Waals surface area contributed by atoms with Crippen LogP contribution in [0, 0.1) is 5.82 Å². The largest absolute Gasteiger partial charge is 0.379 e. The molecule has 0 radical (unpaired) electrons. The third-order valence-corrected chi connectivity index (χ3v) is 5.38. The number of aromatic nitrogens is 2. The minimum Gasteiger partial charge on any atom is -0.379 e. The number of aromatic amines is 1. The zero-order valence-electron chi connectivity index (χ0n) is 14.3. The van der Waals surface area contributed by atoms with Crippen molar-refractivity contribution < 1.29 is 4.39 Å². The number of hydrogen-bond donors (Lipinski definition) is 3. The maximum Gasteiger partial charge on any atom is 0.141 e.